The molecule has 2 bridgehead atoms. The molecule has 2 aromatic carbocycles. The Labute approximate surface area is 226 Å². The third-order valence-electron chi connectivity index (χ3n) is 8.37. The van der Waals surface area contributed by atoms with E-state index in [2.05, 4.69) is 49.9 Å². The van der Waals surface area contributed by atoms with Gasteiger partial charge in [-0.3, -0.25) is 9.99 Å². The molecule has 0 amide bonds. The van der Waals surface area contributed by atoms with Gasteiger partial charge in [-0.05, 0) is 73.3 Å². The number of rotatable bonds is 8. The Morgan fingerprint density at radius 2 is 2.00 bits per heavy atom. The summed E-state index contributed by atoms with van der Waals surface area (Å²) in [6.07, 6.45) is 9.83. The van der Waals surface area contributed by atoms with Crippen LogP contribution < -0.4 is 21.6 Å². The quantitative estimate of drug-likeness (QED) is 0.314. The highest BCUT2D eigenvalue weighted by atomic mass is 35.5. The minimum atomic E-state index is -0.266. The van der Waals surface area contributed by atoms with Crippen LogP contribution in [-0.4, -0.2) is 22.6 Å². The molecule has 0 spiro atoms. The molecule has 4 fully saturated rings. The molecule has 0 saturated heterocycles. The lowest BCUT2D eigenvalue weighted by Crippen LogP contribution is -2.55. The van der Waals surface area contributed by atoms with Crippen LogP contribution in [0.25, 0.3) is 10.9 Å². The van der Waals surface area contributed by atoms with E-state index in [9.17, 15) is 10.5 Å². The number of hydrogen-bond acceptors (Lipinski definition) is 8. The molecule has 1 aliphatic heterocycles. The lowest BCUT2D eigenvalue weighted by atomic mass is 9.44. The maximum atomic E-state index is 9.86. The van der Waals surface area contributed by atoms with Gasteiger partial charge in [0, 0.05) is 36.1 Å². The van der Waals surface area contributed by atoms with Crippen LogP contribution in [0.1, 0.15) is 54.8 Å². The highest BCUT2D eigenvalue weighted by Crippen LogP contribution is 2.64. The molecule has 4 aliphatic carbocycles. The molecule has 1 unspecified atom stereocenters. The first-order valence-electron chi connectivity index (χ1n) is 13.1. The van der Waals surface area contributed by atoms with E-state index in [-0.39, 0.29) is 6.04 Å². The third-order valence-corrected chi connectivity index (χ3v) is 8.66. The van der Waals surface area contributed by atoms with Gasteiger partial charge in [-0.15, -0.1) is 5.53 Å². The normalized spacial score (nSPS) is 23.8. The molecule has 8 nitrogen and oxygen atoms in total. The monoisotopic (exact) mass is 522 g/mol. The Kier molecular flexibility index (Phi) is 5.36. The second-order valence-electron chi connectivity index (χ2n) is 11.1. The van der Waals surface area contributed by atoms with E-state index >= 15 is 0 Å². The van der Waals surface area contributed by atoms with Crippen molar-refractivity contribution in [3.8, 4) is 12.1 Å². The van der Waals surface area contributed by atoms with E-state index in [1.165, 1.54) is 19.3 Å². The largest absolute Gasteiger partial charge is 0.383 e. The number of hydrogen-bond donors (Lipinski definition) is 4. The summed E-state index contributed by atoms with van der Waals surface area (Å²) in [6.45, 7) is 0.857. The fourth-order valence-electron chi connectivity index (χ4n) is 6.10. The molecule has 190 valence electrons. The number of fused-ring (bicyclic) bond motifs is 1. The first kappa shape index (κ1) is 23.2. The summed E-state index contributed by atoms with van der Waals surface area (Å²) in [5.74, 6) is 0.895. The van der Waals surface area contributed by atoms with Crippen molar-refractivity contribution < 1.29 is 0 Å². The predicted octanol–water partition coefficient (Wildman–Crippen LogP) is 5.33. The van der Waals surface area contributed by atoms with E-state index in [4.69, 9.17) is 11.6 Å². The van der Waals surface area contributed by atoms with E-state index in [1.54, 1.807) is 12.3 Å². The van der Waals surface area contributed by atoms with Crippen LogP contribution in [0.5, 0.6) is 0 Å². The summed E-state index contributed by atoms with van der Waals surface area (Å²) in [5.41, 5.74) is 12.2. The van der Waals surface area contributed by atoms with Crippen molar-refractivity contribution >= 4 is 33.9 Å². The highest BCUT2D eigenvalue weighted by Gasteiger charge is 2.56. The minimum absolute atomic E-state index is 0.266. The lowest BCUT2D eigenvalue weighted by molar-refractivity contribution is -0.0929. The maximum Gasteiger partial charge on any atom is 0.103 e. The first-order valence-corrected chi connectivity index (χ1v) is 13.5. The van der Waals surface area contributed by atoms with Crippen molar-refractivity contribution in [3.05, 3.63) is 76.2 Å². The molecule has 9 heteroatoms. The number of nitrogens with zero attached hydrogens (tertiary/aromatic N) is 4. The molecule has 1 atom stereocenters. The topological polar surface area (TPSA) is 112 Å². The zero-order valence-corrected chi connectivity index (χ0v) is 21.5. The molecular formula is C29H27ClN8. The van der Waals surface area contributed by atoms with Gasteiger partial charge in [0.2, 0.25) is 0 Å². The zero-order chi connectivity index (χ0) is 25.9. The zero-order valence-electron chi connectivity index (χ0n) is 20.8. The SMILES string of the molecule is N#Cc1cccc(C(Nc2cc(Cl)c3ncc(C#N)c(NCC45CC(C4)C5)c3c2)C2=CN(C3CC3)NN2)c1. The van der Waals surface area contributed by atoms with Crippen LogP contribution in [0.4, 0.5) is 11.4 Å². The lowest BCUT2D eigenvalue weighted by Gasteiger charge is -2.62. The number of aromatic nitrogens is 1. The van der Waals surface area contributed by atoms with E-state index < -0.39 is 0 Å². The Bertz CT molecular complexity index is 1550. The molecule has 0 radical (unpaired) electrons. The fraction of sp³-hybridized carbons (Fsp3) is 0.345. The summed E-state index contributed by atoms with van der Waals surface area (Å²) in [5, 5.41) is 30.0. The molecule has 38 heavy (non-hydrogen) atoms. The molecule has 3 aromatic rings. The van der Waals surface area contributed by atoms with Crippen LogP contribution >= 0.6 is 11.6 Å². The summed E-state index contributed by atoms with van der Waals surface area (Å²) < 4.78 is 0. The number of nitriles is 2. The number of anilines is 2. The van der Waals surface area contributed by atoms with Gasteiger partial charge in [0.15, 0.2) is 0 Å². The van der Waals surface area contributed by atoms with Crippen molar-refractivity contribution in [1.82, 2.24) is 21.0 Å². The van der Waals surface area contributed by atoms with Crippen molar-refractivity contribution in [3.63, 3.8) is 0 Å². The fourth-order valence-corrected chi connectivity index (χ4v) is 6.37. The standard InChI is InChI=1S/C29H27ClN8/c30-24-8-21(7-23-26(20(13-32)14-33-28(23)24)34-16-29-9-18(10-29)11-29)35-27(19-3-1-2-17(6-19)12-31)25-15-38(37-36-25)22-4-5-22/h1-3,6-8,14-15,18,22,27,35-37H,4-5,9-11,16H2,(H,33,34). The first-order chi connectivity index (χ1) is 18.5. The molecule has 8 rings (SSSR count). The number of pyridine rings is 1. The number of benzene rings is 2. The molecular weight excluding hydrogens is 496 g/mol. The maximum absolute atomic E-state index is 9.86. The van der Waals surface area contributed by atoms with Gasteiger partial charge in [0.25, 0.3) is 0 Å². The Balaban J connectivity index is 1.26. The summed E-state index contributed by atoms with van der Waals surface area (Å²) in [7, 11) is 0. The van der Waals surface area contributed by atoms with Gasteiger partial charge >= 0.3 is 0 Å². The van der Waals surface area contributed by atoms with Gasteiger partial charge < -0.3 is 16.1 Å². The number of halogens is 1. The highest BCUT2D eigenvalue weighted by molar-refractivity contribution is 6.35. The molecule has 4 saturated carbocycles. The molecule has 4 N–H and O–H groups in total. The van der Waals surface area contributed by atoms with Crippen molar-refractivity contribution in [2.75, 3.05) is 17.2 Å². The van der Waals surface area contributed by atoms with Gasteiger partial charge in [0.05, 0.1) is 45.2 Å². The Morgan fingerprint density at radius 3 is 2.71 bits per heavy atom. The van der Waals surface area contributed by atoms with Crippen LogP contribution in [0.15, 0.2) is 54.5 Å². The van der Waals surface area contributed by atoms with Gasteiger partial charge in [-0.1, -0.05) is 23.7 Å². The minimum Gasteiger partial charge on any atom is -0.383 e. The summed E-state index contributed by atoms with van der Waals surface area (Å²) in [4.78, 5) is 4.52. The predicted molar refractivity (Wildman–Crippen MR) is 146 cm³/mol. The Hall–Kier alpha value is -3.98. The molecule has 1 aromatic heterocycles. The van der Waals surface area contributed by atoms with Crippen LogP contribution in [0, 0.1) is 34.0 Å². The summed E-state index contributed by atoms with van der Waals surface area (Å²) in [6, 6.07) is 16.3. The van der Waals surface area contributed by atoms with Crippen molar-refractivity contribution in [2.24, 2.45) is 11.3 Å². The van der Waals surface area contributed by atoms with Gasteiger partial charge in [-0.25, -0.2) is 0 Å². The molecule has 5 aliphatic rings. The second kappa shape index (κ2) is 8.80. The second-order valence-corrected chi connectivity index (χ2v) is 11.5. The van der Waals surface area contributed by atoms with E-state index in [1.807, 2.05) is 30.3 Å². The third kappa shape index (κ3) is 3.98. The number of nitrogens with one attached hydrogen (secondary N) is 4. The average molecular weight is 523 g/mol. The smallest absolute Gasteiger partial charge is 0.103 e. The number of hydrazine groups is 2. The van der Waals surface area contributed by atoms with Crippen LogP contribution in [0.3, 0.4) is 0 Å². The average Bonchev–Trinajstić information content (AvgIpc) is 3.62. The van der Waals surface area contributed by atoms with Crippen LogP contribution in [0.2, 0.25) is 5.02 Å². The van der Waals surface area contributed by atoms with Gasteiger partial charge in [0.1, 0.15) is 6.07 Å². The van der Waals surface area contributed by atoms with Crippen LogP contribution in [-0.2, 0) is 0 Å². The van der Waals surface area contributed by atoms with Gasteiger partial charge in [-0.2, -0.15) is 10.5 Å². The van der Waals surface area contributed by atoms with E-state index in [0.717, 1.165) is 53.3 Å². The molecule has 2 heterocycles. The Morgan fingerprint density at radius 1 is 1.16 bits per heavy atom. The summed E-state index contributed by atoms with van der Waals surface area (Å²) >= 11 is 6.77. The van der Waals surface area contributed by atoms with Crippen molar-refractivity contribution in [2.45, 2.75) is 44.2 Å². The van der Waals surface area contributed by atoms with E-state index in [0.29, 0.717) is 33.1 Å². The van der Waals surface area contributed by atoms with Crippen molar-refractivity contribution in [1.29, 1.82) is 10.5 Å².